The van der Waals surface area contributed by atoms with Crippen LogP contribution in [0.4, 0.5) is 0 Å². The maximum Gasteiger partial charge on any atom is 0.352 e. The van der Waals surface area contributed by atoms with Crippen LogP contribution in [0.15, 0.2) is 34.9 Å². The van der Waals surface area contributed by atoms with E-state index in [9.17, 15) is 9.90 Å². The topological polar surface area (TPSA) is 60.7 Å². The molecule has 0 unspecified atom stereocenters. The van der Waals surface area contributed by atoms with Gasteiger partial charge in [-0.3, -0.25) is 0 Å². The lowest BCUT2D eigenvalue weighted by Gasteiger charge is -2.13. The average molecular weight is 354 g/mol. The molecule has 0 fully saturated rings. The zero-order valence-electron chi connectivity index (χ0n) is 11.8. The van der Waals surface area contributed by atoms with Crippen molar-refractivity contribution in [3.63, 3.8) is 0 Å². The maximum absolute atomic E-state index is 11.3. The van der Waals surface area contributed by atoms with Gasteiger partial charge < -0.3 is 19.1 Å². The van der Waals surface area contributed by atoms with Crippen molar-refractivity contribution in [3.8, 4) is 17.2 Å². The van der Waals surface area contributed by atoms with Crippen LogP contribution in [0.1, 0.15) is 24.3 Å². The quantitative estimate of drug-likeness (QED) is 0.859. The summed E-state index contributed by atoms with van der Waals surface area (Å²) in [4.78, 5) is 11.3. The van der Waals surface area contributed by atoms with Gasteiger partial charge in [-0.2, -0.15) is 0 Å². The normalized spacial score (nSPS) is 10.4. The number of nitrogens with zero attached hydrogens (tertiary/aromatic N) is 1. The molecule has 0 bridgehead atoms. The van der Waals surface area contributed by atoms with Crippen LogP contribution in [0.2, 0.25) is 0 Å². The standard InChI is InChI=1S/C15H16BrNO4/c1-3-20-13-6-5-11(8-14(13)21-4-2)17-9-10(16)7-12(17)15(18)19/h5-9H,3-4H2,1-2H3,(H,18,19). The third kappa shape index (κ3) is 3.39. The summed E-state index contributed by atoms with van der Waals surface area (Å²) in [7, 11) is 0. The number of aromatic nitrogens is 1. The van der Waals surface area contributed by atoms with Crippen LogP contribution >= 0.6 is 15.9 Å². The molecular formula is C15H16BrNO4. The molecule has 0 saturated heterocycles. The Morgan fingerprint density at radius 2 is 1.86 bits per heavy atom. The van der Waals surface area contributed by atoms with Crippen LogP contribution in [0.25, 0.3) is 5.69 Å². The molecule has 0 atom stereocenters. The van der Waals surface area contributed by atoms with E-state index in [-0.39, 0.29) is 5.69 Å². The summed E-state index contributed by atoms with van der Waals surface area (Å²) >= 11 is 3.30. The number of hydrogen-bond donors (Lipinski definition) is 1. The first-order valence-electron chi connectivity index (χ1n) is 6.58. The fourth-order valence-electron chi connectivity index (χ4n) is 2.00. The molecule has 1 aromatic heterocycles. The Hall–Kier alpha value is -1.95. The van der Waals surface area contributed by atoms with Crippen molar-refractivity contribution in [2.24, 2.45) is 0 Å². The molecule has 6 heteroatoms. The first-order valence-corrected chi connectivity index (χ1v) is 7.37. The largest absolute Gasteiger partial charge is 0.490 e. The second kappa shape index (κ2) is 6.67. The highest BCUT2D eigenvalue weighted by Crippen LogP contribution is 2.31. The molecular weight excluding hydrogens is 338 g/mol. The van der Waals surface area contributed by atoms with Crippen LogP contribution in [0.3, 0.4) is 0 Å². The minimum atomic E-state index is -0.993. The van der Waals surface area contributed by atoms with Crippen LogP contribution in [-0.2, 0) is 0 Å². The van der Waals surface area contributed by atoms with E-state index >= 15 is 0 Å². The predicted molar refractivity (Wildman–Crippen MR) is 82.8 cm³/mol. The number of carbonyl (C=O) groups is 1. The van der Waals surface area contributed by atoms with Gasteiger partial charge in [-0.25, -0.2) is 4.79 Å². The molecule has 2 rings (SSSR count). The van der Waals surface area contributed by atoms with Gasteiger partial charge in [0.2, 0.25) is 0 Å². The number of ether oxygens (including phenoxy) is 2. The van der Waals surface area contributed by atoms with Crippen molar-refractivity contribution in [2.75, 3.05) is 13.2 Å². The number of hydrogen-bond acceptors (Lipinski definition) is 3. The lowest BCUT2D eigenvalue weighted by atomic mass is 10.2. The number of halogens is 1. The zero-order valence-corrected chi connectivity index (χ0v) is 13.4. The average Bonchev–Trinajstić information content (AvgIpc) is 2.83. The van der Waals surface area contributed by atoms with Crippen LogP contribution in [-0.4, -0.2) is 28.9 Å². The highest BCUT2D eigenvalue weighted by atomic mass is 79.9. The molecule has 21 heavy (non-hydrogen) atoms. The summed E-state index contributed by atoms with van der Waals surface area (Å²) in [5.41, 5.74) is 0.874. The highest BCUT2D eigenvalue weighted by Gasteiger charge is 2.15. The molecule has 5 nitrogen and oxygen atoms in total. The Kier molecular flexibility index (Phi) is 4.90. The molecule has 0 spiro atoms. The van der Waals surface area contributed by atoms with Crippen LogP contribution in [0.5, 0.6) is 11.5 Å². The SMILES string of the molecule is CCOc1ccc(-n2cc(Br)cc2C(=O)O)cc1OCC. The molecule has 0 aliphatic carbocycles. The van der Waals surface area contributed by atoms with Crippen molar-refractivity contribution in [2.45, 2.75) is 13.8 Å². The van der Waals surface area contributed by atoms with E-state index in [4.69, 9.17) is 9.47 Å². The molecule has 0 radical (unpaired) electrons. The summed E-state index contributed by atoms with van der Waals surface area (Å²) in [5.74, 6) is 0.247. The summed E-state index contributed by atoms with van der Waals surface area (Å²) < 4.78 is 13.4. The number of carboxylic acids is 1. The van der Waals surface area contributed by atoms with Gasteiger partial charge in [-0.05, 0) is 48.0 Å². The molecule has 0 aliphatic rings. The molecule has 1 aromatic carbocycles. The summed E-state index contributed by atoms with van der Waals surface area (Å²) in [6.45, 7) is 4.83. The van der Waals surface area contributed by atoms with Gasteiger partial charge in [0.05, 0.1) is 13.2 Å². The summed E-state index contributed by atoms with van der Waals surface area (Å²) in [6, 6.07) is 6.91. The van der Waals surface area contributed by atoms with Gasteiger partial charge in [0.1, 0.15) is 5.69 Å². The van der Waals surface area contributed by atoms with E-state index in [1.54, 1.807) is 35.0 Å². The van der Waals surface area contributed by atoms with Gasteiger partial charge in [-0.15, -0.1) is 0 Å². The Bertz CT molecular complexity index is 651. The lowest BCUT2D eigenvalue weighted by molar-refractivity contribution is 0.0688. The van der Waals surface area contributed by atoms with Gasteiger partial charge in [0.15, 0.2) is 11.5 Å². The summed E-state index contributed by atoms with van der Waals surface area (Å²) in [6.07, 6.45) is 1.70. The first-order chi connectivity index (χ1) is 10.1. The molecule has 0 aliphatic heterocycles. The molecule has 0 saturated carbocycles. The third-order valence-electron chi connectivity index (χ3n) is 2.81. The summed E-state index contributed by atoms with van der Waals surface area (Å²) in [5, 5.41) is 9.25. The number of carboxylic acid groups (broad SMARTS) is 1. The van der Waals surface area contributed by atoms with E-state index in [1.807, 2.05) is 13.8 Å². The van der Waals surface area contributed by atoms with E-state index in [0.29, 0.717) is 34.9 Å². The number of benzene rings is 1. The molecule has 0 amide bonds. The van der Waals surface area contributed by atoms with Gasteiger partial charge in [0.25, 0.3) is 0 Å². The zero-order chi connectivity index (χ0) is 15.4. The lowest BCUT2D eigenvalue weighted by Crippen LogP contribution is -2.06. The first kappa shape index (κ1) is 15.4. The Morgan fingerprint density at radius 1 is 1.19 bits per heavy atom. The van der Waals surface area contributed by atoms with E-state index < -0.39 is 5.97 Å². The highest BCUT2D eigenvalue weighted by molar-refractivity contribution is 9.10. The van der Waals surface area contributed by atoms with Gasteiger partial charge >= 0.3 is 5.97 Å². The van der Waals surface area contributed by atoms with Crippen molar-refractivity contribution in [1.29, 1.82) is 0 Å². The second-order valence-corrected chi connectivity index (χ2v) is 5.13. The van der Waals surface area contributed by atoms with Crippen molar-refractivity contribution >= 4 is 21.9 Å². The predicted octanol–water partition coefficient (Wildman–Crippen LogP) is 3.74. The van der Waals surface area contributed by atoms with Crippen LogP contribution < -0.4 is 9.47 Å². The molecule has 1 N–H and O–H groups in total. The monoisotopic (exact) mass is 353 g/mol. The fourth-order valence-corrected chi connectivity index (χ4v) is 2.42. The van der Waals surface area contributed by atoms with Gasteiger partial charge in [-0.1, -0.05) is 0 Å². The third-order valence-corrected chi connectivity index (χ3v) is 3.24. The fraction of sp³-hybridized carbons (Fsp3) is 0.267. The Morgan fingerprint density at radius 3 is 2.48 bits per heavy atom. The van der Waals surface area contributed by atoms with Crippen molar-refractivity contribution in [3.05, 3.63) is 40.6 Å². The smallest absolute Gasteiger partial charge is 0.352 e. The Labute approximate surface area is 131 Å². The Balaban J connectivity index is 2.49. The van der Waals surface area contributed by atoms with Crippen molar-refractivity contribution in [1.82, 2.24) is 4.57 Å². The minimum Gasteiger partial charge on any atom is -0.490 e. The van der Waals surface area contributed by atoms with E-state index in [2.05, 4.69) is 15.9 Å². The maximum atomic E-state index is 11.3. The number of aromatic carboxylic acids is 1. The van der Waals surface area contributed by atoms with E-state index in [1.165, 1.54) is 0 Å². The molecule has 2 aromatic rings. The second-order valence-electron chi connectivity index (χ2n) is 4.22. The number of rotatable bonds is 6. The molecule has 1 heterocycles. The van der Waals surface area contributed by atoms with E-state index in [0.717, 1.165) is 0 Å². The van der Waals surface area contributed by atoms with Crippen LogP contribution in [0, 0.1) is 0 Å². The molecule has 112 valence electrons. The van der Waals surface area contributed by atoms with Crippen molar-refractivity contribution < 1.29 is 19.4 Å². The van der Waals surface area contributed by atoms with Gasteiger partial charge in [0, 0.05) is 22.4 Å². The minimum absolute atomic E-state index is 0.175.